The number of carbonyl (C=O) groups excluding carboxylic acids is 1. The number of likely N-dealkylation sites (tertiary alicyclic amines) is 1. The van der Waals surface area contributed by atoms with Crippen LogP contribution in [0.1, 0.15) is 32.1 Å². The molecule has 0 aliphatic carbocycles. The van der Waals surface area contributed by atoms with E-state index in [1.165, 1.54) is 0 Å². The number of ether oxygens (including phenoxy) is 2. The quantitative estimate of drug-likeness (QED) is 0.790. The highest BCUT2D eigenvalue weighted by Crippen LogP contribution is 2.26. The van der Waals surface area contributed by atoms with Crippen LogP contribution in [0.2, 0.25) is 0 Å². The van der Waals surface area contributed by atoms with Crippen molar-refractivity contribution in [1.82, 2.24) is 4.90 Å². The lowest BCUT2D eigenvalue weighted by molar-refractivity contribution is -0.137. The smallest absolute Gasteiger partial charge is 0.303 e. The largest absolute Gasteiger partial charge is 0.493 e. The Kier molecular flexibility index (Phi) is 6.90. The Labute approximate surface area is 142 Å². The second kappa shape index (κ2) is 9.15. The molecule has 24 heavy (non-hydrogen) atoms. The number of carbonyl (C=O) groups is 2. The van der Waals surface area contributed by atoms with Gasteiger partial charge in [-0.15, -0.1) is 0 Å². The maximum absolute atomic E-state index is 12.3. The number of rotatable bonds is 8. The van der Waals surface area contributed by atoms with E-state index in [4.69, 9.17) is 14.6 Å². The second-order valence-electron chi connectivity index (χ2n) is 6.03. The molecule has 6 heteroatoms. The van der Waals surface area contributed by atoms with Gasteiger partial charge in [0.1, 0.15) is 0 Å². The summed E-state index contributed by atoms with van der Waals surface area (Å²) in [4.78, 5) is 24.8. The number of para-hydroxylation sites is 2. The van der Waals surface area contributed by atoms with Gasteiger partial charge in [0.05, 0.1) is 20.1 Å². The van der Waals surface area contributed by atoms with E-state index >= 15 is 0 Å². The molecule has 1 aromatic rings. The summed E-state index contributed by atoms with van der Waals surface area (Å²) in [5.41, 5.74) is 0. The van der Waals surface area contributed by atoms with Crippen molar-refractivity contribution in [3.05, 3.63) is 24.3 Å². The molecule has 1 aliphatic heterocycles. The molecule has 1 amide bonds. The zero-order valence-electron chi connectivity index (χ0n) is 14.1. The van der Waals surface area contributed by atoms with Crippen LogP contribution >= 0.6 is 0 Å². The zero-order valence-corrected chi connectivity index (χ0v) is 14.1. The molecule has 0 saturated carbocycles. The van der Waals surface area contributed by atoms with E-state index in [0.29, 0.717) is 37.5 Å². The second-order valence-corrected chi connectivity index (χ2v) is 6.03. The van der Waals surface area contributed by atoms with E-state index in [-0.39, 0.29) is 18.2 Å². The maximum atomic E-state index is 12.3. The van der Waals surface area contributed by atoms with Crippen molar-refractivity contribution in [3.8, 4) is 11.5 Å². The van der Waals surface area contributed by atoms with Gasteiger partial charge in [-0.05, 0) is 37.3 Å². The molecule has 1 heterocycles. The summed E-state index contributed by atoms with van der Waals surface area (Å²) >= 11 is 0. The molecule has 1 N–H and O–H groups in total. The highest BCUT2D eigenvalue weighted by atomic mass is 16.5. The van der Waals surface area contributed by atoms with Crippen LogP contribution < -0.4 is 9.47 Å². The van der Waals surface area contributed by atoms with Gasteiger partial charge < -0.3 is 19.5 Å². The Hall–Kier alpha value is -2.24. The Bertz CT molecular complexity index is 560. The van der Waals surface area contributed by atoms with Gasteiger partial charge in [0.25, 0.3) is 0 Å². The van der Waals surface area contributed by atoms with Gasteiger partial charge in [-0.1, -0.05) is 12.1 Å². The molecule has 0 radical (unpaired) electrons. The Morgan fingerprint density at radius 2 is 2.00 bits per heavy atom. The normalized spacial score (nSPS) is 17.4. The SMILES string of the molecule is COc1ccccc1OCCC(=O)N1CCCC(CCC(=O)O)C1. The van der Waals surface area contributed by atoms with Crippen LogP contribution in [0.3, 0.4) is 0 Å². The summed E-state index contributed by atoms with van der Waals surface area (Å²) in [6.07, 6.45) is 3.04. The monoisotopic (exact) mass is 335 g/mol. The lowest BCUT2D eigenvalue weighted by Gasteiger charge is -2.32. The molecule has 1 aromatic carbocycles. The fourth-order valence-corrected chi connectivity index (χ4v) is 3.00. The molecule has 0 aromatic heterocycles. The van der Waals surface area contributed by atoms with Crippen LogP contribution in [-0.4, -0.2) is 48.7 Å². The first kappa shape index (κ1) is 18.1. The minimum Gasteiger partial charge on any atom is -0.493 e. The lowest BCUT2D eigenvalue weighted by Crippen LogP contribution is -2.40. The van der Waals surface area contributed by atoms with Crippen molar-refractivity contribution in [3.63, 3.8) is 0 Å². The van der Waals surface area contributed by atoms with E-state index in [1.807, 2.05) is 29.2 Å². The van der Waals surface area contributed by atoms with E-state index in [2.05, 4.69) is 0 Å². The maximum Gasteiger partial charge on any atom is 0.303 e. The third-order valence-corrected chi connectivity index (χ3v) is 4.28. The predicted octanol–water partition coefficient (Wildman–Crippen LogP) is 2.57. The number of piperidine rings is 1. The standard InChI is InChI=1S/C18H25NO5/c1-23-15-6-2-3-7-16(15)24-12-10-17(20)19-11-4-5-14(13-19)8-9-18(21)22/h2-3,6-7,14H,4-5,8-13H2,1H3,(H,21,22). The molecule has 0 spiro atoms. The lowest BCUT2D eigenvalue weighted by atomic mass is 9.93. The van der Waals surface area contributed by atoms with Crippen molar-refractivity contribution < 1.29 is 24.2 Å². The summed E-state index contributed by atoms with van der Waals surface area (Å²) in [7, 11) is 1.58. The van der Waals surface area contributed by atoms with Crippen molar-refractivity contribution in [1.29, 1.82) is 0 Å². The van der Waals surface area contributed by atoms with Crippen molar-refractivity contribution in [2.24, 2.45) is 5.92 Å². The predicted molar refractivity (Wildman–Crippen MR) is 89.3 cm³/mol. The first-order valence-corrected chi connectivity index (χ1v) is 8.35. The molecule has 132 valence electrons. The fourth-order valence-electron chi connectivity index (χ4n) is 3.00. The molecule has 1 aliphatic rings. The van der Waals surface area contributed by atoms with Gasteiger partial charge in [-0.2, -0.15) is 0 Å². The van der Waals surface area contributed by atoms with Gasteiger partial charge in [-0.25, -0.2) is 0 Å². The molecule has 1 unspecified atom stereocenters. The van der Waals surface area contributed by atoms with E-state index in [1.54, 1.807) is 7.11 Å². The van der Waals surface area contributed by atoms with E-state index < -0.39 is 5.97 Å². The summed E-state index contributed by atoms with van der Waals surface area (Å²) in [5, 5.41) is 8.78. The van der Waals surface area contributed by atoms with Crippen molar-refractivity contribution >= 4 is 11.9 Å². The molecule has 1 saturated heterocycles. The number of nitrogens with zero attached hydrogens (tertiary/aromatic N) is 1. The van der Waals surface area contributed by atoms with Gasteiger partial charge in [-0.3, -0.25) is 9.59 Å². The summed E-state index contributed by atoms with van der Waals surface area (Å²) < 4.78 is 10.9. The Balaban J connectivity index is 1.76. The number of hydrogen-bond acceptors (Lipinski definition) is 4. The minimum absolute atomic E-state index is 0.0601. The van der Waals surface area contributed by atoms with Crippen LogP contribution in [0.25, 0.3) is 0 Å². The van der Waals surface area contributed by atoms with Crippen molar-refractivity contribution in [2.45, 2.75) is 32.1 Å². The molecule has 0 bridgehead atoms. The average Bonchev–Trinajstić information content (AvgIpc) is 2.60. The van der Waals surface area contributed by atoms with Crippen LogP contribution in [0.4, 0.5) is 0 Å². The van der Waals surface area contributed by atoms with Gasteiger partial charge in [0, 0.05) is 19.5 Å². The van der Waals surface area contributed by atoms with Crippen LogP contribution in [0.15, 0.2) is 24.3 Å². The topological polar surface area (TPSA) is 76.1 Å². The minimum atomic E-state index is -0.774. The van der Waals surface area contributed by atoms with Gasteiger partial charge in [0.15, 0.2) is 11.5 Å². The van der Waals surface area contributed by atoms with E-state index in [0.717, 1.165) is 19.4 Å². The number of benzene rings is 1. The zero-order chi connectivity index (χ0) is 17.4. The molecule has 6 nitrogen and oxygen atoms in total. The first-order valence-electron chi connectivity index (χ1n) is 8.35. The number of amides is 1. The number of aliphatic carboxylic acids is 1. The molecule has 2 rings (SSSR count). The van der Waals surface area contributed by atoms with Crippen LogP contribution in [-0.2, 0) is 9.59 Å². The fraction of sp³-hybridized carbons (Fsp3) is 0.556. The van der Waals surface area contributed by atoms with Gasteiger partial charge >= 0.3 is 5.97 Å². The summed E-state index contributed by atoms with van der Waals surface area (Å²) in [6, 6.07) is 7.35. The average molecular weight is 335 g/mol. The van der Waals surface area contributed by atoms with Crippen LogP contribution in [0.5, 0.6) is 11.5 Å². The highest BCUT2D eigenvalue weighted by Gasteiger charge is 2.23. The Morgan fingerprint density at radius 1 is 1.25 bits per heavy atom. The molecular weight excluding hydrogens is 310 g/mol. The molecular formula is C18H25NO5. The first-order chi connectivity index (χ1) is 11.6. The van der Waals surface area contributed by atoms with Crippen molar-refractivity contribution in [2.75, 3.05) is 26.8 Å². The van der Waals surface area contributed by atoms with E-state index in [9.17, 15) is 9.59 Å². The molecule has 1 fully saturated rings. The third-order valence-electron chi connectivity index (χ3n) is 4.28. The van der Waals surface area contributed by atoms with Gasteiger partial charge in [0.2, 0.25) is 5.91 Å². The summed E-state index contributed by atoms with van der Waals surface area (Å²) in [5.74, 6) is 0.852. The highest BCUT2D eigenvalue weighted by molar-refractivity contribution is 5.76. The number of carboxylic acids is 1. The number of hydrogen-bond donors (Lipinski definition) is 1. The number of carboxylic acid groups (broad SMARTS) is 1. The Morgan fingerprint density at radius 3 is 2.71 bits per heavy atom. The number of methoxy groups -OCH3 is 1. The summed E-state index contributed by atoms with van der Waals surface area (Å²) in [6.45, 7) is 1.70. The third kappa shape index (κ3) is 5.44. The molecule has 1 atom stereocenters. The van der Waals surface area contributed by atoms with Crippen LogP contribution in [0, 0.1) is 5.92 Å².